The molecule has 1 saturated carbocycles. The zero-order chi connectivity index (χ0) is 26.9. The Morgan fingerprint density at radius 2 is 1.35 bits per heavy atom. The lowest BCUT2D eigenvalue weighted by Crippen LogP contribution is -2.87. The molecule has 0 radical (unpaired) electrons. The Bertz CT molecular complexity index is 1000. The summed E-state index contributed by atoms with van der Waals surface area (Å²) in [5.74, 6) is -42.0. The topological polar surface area (TPSA) is 81.5 Å². The van der Waals surface area contributed by atoms with Gasteiger partial charge in [0.2, 0.25) is 0 Å². The van der Waals surface area contributed by atoms with Crippen molar-refractivity contribution in [3.63, 3.8) is 0 Å². The summed E-state index contributed by atoms with van der Waals surface area (Å²) in [4.78, 5) is 21.4. The standard InChI is InChI=1S/C14H4BrF13N2O4/c15-5-3-4(30(32)33)1-2-6(5)29-7(31)8(16)9(17,18)11(21,22)13(25,34-14(26,27)28)12(23,24)10(8,19)20/h1-3H,(H,29,31). The molecule has 1 amide bonds. The number of alkyl halides is 13. The monoisotopic (exact) mass is 590 g/mol. The van der Waals surface area contributed by atoms with Gasteiger partial charge in [0.25, 0.3) is 11.6 Å². The molecule has 0 atom stereocenters. The van der Waals surface area contributed by atoms with Crippen LogP contribution in [0.15, 0.2) is 22.7 Å². The molecule has 20 heteroatoms. The molecule has 1 aliphatic carbocycles. The van der Waals surface area contributed by atoms with Crippen molar-refractivity contribution < 1.29 is 71.5 Å². The maximum atomic E-state index is 14.8. The van der Waals surface area contributed by atoms with Crippen molar-refractivity contribution in [3.05, 3.63) is 32.8 Å². The first-order valence-corrected chi connectivity index (χ1v) is 8.63. The van der Waals surface area contributed by atoms with Gasteiger partial charge in [-0.3, -0.25) is 14.9 Å². The minimum atomic E-state index is -7.74. The second-order valence-corrected chi connectivity index (χ2v) is 7.33. The molecule has 1 aromatic carbocycles. The molecule has 0 spiro atoms. The fraction of sp³-hybridized carbons (Fsp3) is 0.500. The van der Waals surface area contributed by atoms with E-state index in [1.54, 1.807) is 4.74 Å². The second kappa shape index (κ2) is 7.56. The van der Waals surface area contributed by atoms with E-state index in [-0.39, 0.29) is 0 Å². The van der Waals surface area contributed by atoms with E-state index in [0.29, 0.717) is 18.2 Å². The van der Waals surface area contributed by atoms with Gasteiger partial charge < -0.3 is 5.32 Å². The van der Waals surface area contributed by atoms with E-state index in [2.05, 4.69) is 15.9 Å². The highest BCUT2D eigenvalue weighted by molar-refractivity contribution is 9.10. The van der Waals surface area contributed by atoms with E-state index in [1.165, 1.54) is 0 Å². The van der Waals surface area contributed by atoms with Gasteiger partial charge in [-0.15, -0.1) is 13.2 Å². The van der Waals surface area contributed by atoms with Gasteiger partial charge in [-0.1, -0.05) is 0 Å². The minimum Gasteiger partial charge on any atom is -0.322 e. The Labute approximate surface area is 185 Å². The van der Waals surface area contributed by atoms with Crippen LogP contribution in [0.5, 0.6) is 0 Å². The maximum Gasteiger partial charge on any atom is 0.525 e. The lowest BCUT2D eigenvalue weighted by Gasteiger charge is -2.53. The summed E-state index contributed by atoms with van der Waals surface area (Å²) in [6.07, 6.45) is -6.99. The van der Waals surface area contributed by atoms with Crippen molar-refractivity contribution in [2.24, 2.45) is 0 Å². The number of non-ortho nitro benzene ring substituents is 1. The van der Waals surface area contributed by atoms with Gasteiger partial charge in [0, 0.05) is 16.6 Å². The van der Waals surface area contributed by atoms with Crippen molar-refractivity contribution in [1.82, 2.24) is 0 Å². The molecule has 1 aliphatic rings. The number of rotatable bonds is 4. The molecule has 34 heavy (non-hydrogen) atoms. The zero-order valence-electron chi connectivity index (χ0n) is 15.1. The molecule has 1 aromatic rings. The number of benzene rings is 1. The highest BCUT2D eigenvalue weighted by Gasteiger charge is 3.03. The Morgan fingerprint density at radius 3 is 1.71 bits per heavy atom. The molecule has 0 unspecified atom stereocenters. The lowest BCUT2D eigenvalue weighted by molar-refractivity contribution is -0.539. The Balaban J connectivity index is 2.71. The number of nitro groups is 1. The summed E-state index contributed by atoms with van der Waals surface area (Å²) >= 11 is 2.42. The van der Waals surface area contributed by atoms with Crippen molar-refractivity contribution >= 4 is 33.2 Å². The highest BCUT2D eigenvalue weighted by atomic mass is 79.9. The SMILES string of the molecule is O=C(Nc1ccc([N+](=O)[O-])cc1Br)C1(F)C(F)(F)C(F)(F)C(F)(OC(F)(F)F)C(F)(F)C1(F)F. The normalized spacial score (nSPS) is 29.4. The van der Waals surface area contributed by atoms with Crippen molar-refractivity contribution in [2.75, 3.05) is 5.32 Å². The van der Waals surface area contributed by atoms with Crippen LogP contribution in [0.1, 0.15) is 0 Å². The molecule has 0 saturated heterocycles. The third-order valence-corrected chi connectivity index (χ3v) is 5.10. The third-order valence-electron chi connectivity index (χ3n) is 4.44. The van der Waals surface area contributed by atoms with Crippen LogP contribution in [0.25, 0.3) is 0 Å². The van der Waals surface area contributed by atoms with Crippen molar-refractivity contribution in [3.8, 4) is 0 Å². The summed E-state index contributed by atoms with van der Waals surface area (Å²) in [6.45, 7) is 0. The summed E-state index contributed by atoms with van der Waals surface area (Å²) < 4.78 is 179. The number of nitrogens with zero attached hydrogens (tertiary/aromatic N) is 1. The largest absolute Gasteiger partial charge is 0.525 e. The van der Waals surface area contributed by atoms with E-state index in [0.717, 1.165) is 5.32 Å². The Morgan fingerprint density at radius 1 is 0.912 bits per heavy atom. The van der Waals surface area contributed by atoms with Gasteiger partial charge in [-0.2, -0.15) is 39.5 Å². The van der Waals surface area contributed by atoms with E-state index in [1.807, 2.05) is 0 Å². The molecule has 0 bridgehead atoms. The molecule has 2 rings (SSSR count). The minimum absolute atomic E-state index is 0.324. The smallest absolute Gasteiger partial charge is 0.322 e. The first-order valence-electron chi connectivity index (χ1n) is 7.83. The predicted octanol–water partition coefficient (Wildman–Crippen LogP) is 5.76. The lowest BCUT2D eigenvalue weighted by atomic mass is 9.71. The van der Waals surface area contributed by atoms with E-state index < -0.39 is 68.3 Å². The number of carbonyl (C=O) groups excluding carboxylic acids is 1. The van der Waals surface area contributed by atoms with E-state index in [4.69, 9.17) is 0 Å². The van der Waals surface area contributed by atoms with Crippen LogP contribution >= 0.6 is 15.9 Å². The average molecular weight is 591 g/mol. The molecule has 6 nitrogen and oxygen atoms in total. The number of nitro benzene ring substituents is 1. The predicted molar refractivity (Wildman–Crippen MR) is 84.0 cm³/mol. The summed E-state index contributed by atoms with van der Waals surface area (Å²) in [6, 6.07) is 1.19. The van der Waals surface area contributed by atoms with Crippen LogP contribution in [0.3, 0.4) is 0 Å². The third kappa shape index (κ3) is 3.39. The van der Waals surface area contributed by atoms with Crippen LogP contribution in [0.4, 0.5) is 68.5 Å². The van der Waals surface area contributed by atoms with Crippen LogP contribution in [-0.2, 0) is 9.53 Å². The molecular weight excluding hydrogens is 587 g/mol. The Kier molecular flexibility index (Phi) is 6.19. The molecule has 1 fully saturated rings. The van der Waals surface area contributed by atoms with Crippen molar-refractivity contribution in [2.45, 2.75) is 41.6 Å². The van der Waals surface area contributed by atoms with Gasteiger partial charge in [0.1, 0.15) is 0 Å². The number of nitrogens with one attached hydrogen (secondary N) is 1. The van der Waals surface area contributed by atoms with Crippen LogP contribution in [0.2, 0.25) is 0 Å². The highest BCUT2D eigenvalue weighted by Crippen LogP contribution is 2.70. The van der Waals surface area contributed by atoms with Gasteiger partial charge in [-0.05, 0) is 22.0 Å². The number of anilines is 1. The molecular formula is C14H4BrF13N2O4. The van der Waals surface area contributed by atoms with Crippen LogP contribution in [-0.4, -0.2) is 52.4 Å². The summed E-state index contributed by atoms with van der Waals surface area (Å²) in [5.41, 5.74) is -9.08. The fourth-order valence-corrected chi connectivity index (χ4v) is 3.20. The van der Waals surface area contributed by atoms with Crippen LogP contribution < -0.4 is 5.32 Å². The average Bonchev–Trinajstić information content (AvgIpc) is 2.65. The fourth-order valence-electron chi connectivity index (χ4n) is 2.73. The number of hydrogen-bond donors (Lipinski definition) is 1. The quantitative estimate of drug-likeness (QED) is 0.275. The Hall–Kier alpha value is -2.38. The number of ether oxygens (including phenoxy) is 1. The first kappa shape index (κ1) is 27.9. The van der Waals surface area contributed by atoms with Gasteiger partial charge in [-0.25, -0.2) is 9.13 Å². The van der Waals surface area contributed by atoms with E-state index >= 15 is 0 Å². The molecule has 192 valence electrons. The number of carbonyl (C=O) groups is 1. The molecule has 0 aromatic heterocycles. The zero-order valence-corrected chi connectivity index (χ0v) is 16.7. The summed E-state index contributed by atoms with van der Waals surface area (Å²) in [7, 11) is 0. The van der Waals surface area contributed by atoms with Crippen LogP contribution in [0, 0.1) is 10.1 Å². The number of hydrogen-bond acceptors (Lipinski definition) is 4. The first-order chi connectivity index (χ1) is 14.9. The number of amides is 1. The number of halogens is 14. The van der Waals surface area contributed by atoms with E-state index in [9.17, 15) is 72.0 Å². The van der Waals surface area contributed by atoms with Gasteiger partial charge >= 0.3 is 41.6 Å². The van der Waals surface area contributed by atoms with Gasteiger partial charge in [0.05, 0.1) is 10.6 Å². The molecule has 0 heterocycles. The second-order valence-electron chi connectivity index (χ2n) is 6.47. The van der Waals surface area contributed by atoms with Crippen molar-refractivity contribution in [1.29, 1.82) is 0 Å². The molecule has 1 N–H and O–H groups in total. The van der Waals surface area contributed by atoms with Gasteiger partial charge in [0.15, 0.2) is 0 Å². The summed E-state index contributed by atoms with van der Waals surface area (Å²) in [5, 5.41) is 11.4. The maximum absolute atomic E-state index is 14.8. The molecule has 0 aliphatic heterocycles.